The fraction of sp³-hybridized carbons (Fsp3) is 0.889. The second kappa shape index (κ2) is 6.17. The van der Waals surface area contributed by atoms with Gasteiger partial charge in [0.25, 0.3) is 0 Å². The summed E-state index contributed by atoms with van der Waals surface area (Å²) in [6, 6.07) is 5.23. The van der Waals surface area contributed by atoms with E-state index in [0.29, 0.717) is 11.8 Å². The Hall–Kier alpha value is -1.02. The van der Waals surface area contributed by atoms with E-state index in [1.165, 1.54) is 38.5 Å². The van der Waals surface area contributed by atoms with Gasteiger partial charge in [-0.05, 0) is 51.4 Å². The van der Waals surface area contributed by atoms with Gasteiger partial charge in [-0.3, -0.25) is 0 Å². The Morgan fingerprint density at radius 1 is 0.700 bits per heavy atom. The van der Waals surface area contributed by atoms with Crippen LogP contribution < -0.4 is 0 Å². The van der Waals surface area contributed by atoms with Gasteiger partial charge in [-0.1, -0.05) is 38.5 Å². The molecule has 0 amide bonds. The van der Waals surface area contributed by atoms with Crippen LogP contribution in [0.1, 0.15) is 78.1 Å². The molecule has 2 aliphatic carbocycles. The molecule has 2 fully saturated rings. The van der Waals surface area contributed by atoms with Crippen LogP contribution in [0.3, 0.4) is 0 Å². The standard InChI is InChI=1S/C18H28N2/c1-17(2,13-19)18(14-20,15-9-5-3-6-10-15)16-11-7-4-8-12-16/h15-16H,3-12H2,1-2H3. The van der Waals surface area contributed by atoms with Gasteiger partial charge in [0.1, 0.15) is 0 Å². The largest absolute Gasteiger partial charge is 0.198 e. The van der Waals surface area contributed by atoms with Crippen LogP contribution in [-0.2, 0) is 0 Å². The average molecular weight is 272 g/mol. The molecule has 0 atom stereocenters. The van der Waals surface area contributed by atoms with Crippen LogP contribution >= 0.6 is 0 Å². The highest BCUT2D eigenvalue weighted by Crippen LogP contribution is 2.57. The van der Waals surface area contributed by atoms with Crippen LogP contribution in [0, 0.1) is 45.3 Å². The first kappa shape index (κ1) is 15.4. The van der Waals surface area contributed by atoms with E-state index < -0.39 is 10.8 Å². The Labute approximate surface area is 124 Å². The predicted octanol–water partition coefficient (Wildman–Crippen LogP) is 5.21. The molecule has 2 nitrogen and oxygen atoms in total. The lowest BCUT2D eigenvalue weighted by Crippen LogP contribution is -2.49. The van der Waals surface area contributed by atoms with Gasteiger partial charge in [-0.2, -0.15) is 10.5 Å². The number of rotatable bonds is 3. The number of hydrogen-bond acceptors (Lipinski definition) is 2. The van der Waals surface area contributed by atoms with Gasteiger partial charge in [-0.15, -0.1) is 0 Å². The maximum atomic E-state index is 10.1. The van der Waals surface area contributed by atoms with E-state index in [4.69, 9.17) is 0 Å². The van der Waals surface area contributed by atoms with Crippen molar-refractivity contribution in [2.45, 2.75) is 78.1 Å². The van der Waals surface area contributed by atoms with Crippen LogP contribution in [0.4, 0.5) is 0 Å². The van der Waals surface area contributed by atoms with Crippen molar-refractivity contribution in [1.82, 2.24) is 0 Å². The molecule has 2 rings (SSSR count). The fourth-order valence-electron chi connectivity index (χ4n) is 4.88. The third-order valence-corrected chi connectivity index (χ3v) is 6.00. The van der Waals surface area contributed by atoms with Gasteiger partial charge in [0.2, 0.25) is 0 Å². The molecular formula is C18H28N2. The average Bonchev–Trinajstić information content (AvgIpc) is 2.50. The molecule has 0 aromatic heterocycles. The topological polar surface area (TPSA) is 47.6 Å². The molecule has 0 saturated heterocycles. The third-order valence-electron chi connectivity index (χ3n) is 6.00. The van der Waals surface area contributed by atoms with Crippen LogP contribution in [0.25, 0.3) is 0 Å². The molecule has 20 heavy (non-hydrogen) atoms. The van der Waals surface area contributed by atoms with Gasteiger partial charge in [0, 0.05) is 0 Å². The minimum Gasteiger partial charge on any atom is -0.198 e. The van der Waals surface area contributed by atoms with Crippen molar-refractivity contribution in [3.05, 3.63) is 0 Å². The number of nitriles is 2. The Balaban J connectivity index is 2.40. The van der Waals surface area contributed by atoms with Crippen LogP contribution in [0.15, 0.2) is 0 Å². The van der Waals surface area contributed by atoms with Crippen molar-refractivity contribution in [2.75, 3.05) is 0 Å². The highest BCUT2D eigenvalue weighted by Gasteiger charge is 2.56. The maximum absolute atomic E-state index is 10.1. The summed E-state index contributed by atoms with van der Waals surface area (Å²) >= 11 is 0. The van der Waals surface area contributed by atoms with Crippen molar-refractivity contribution in [1.29, 1.82) is 10.5 Å². The van der Waals surface area contributed by atoms with E-state index in [0.717, 1.165) is 25.7 Å². The summed E-state index contributed by atoms with van der Waals surface area (Å²) in [6.07, 6.45) is 12.1. The zero-order valence-electron chi connectivity index (χ0n) is 13.1. The molecule has 2 saturated carbocycles. The summed E-state index contributed by atoms with van der Waals surface area (Å²) in [5.74, 6) is 0.859. The molecule has 0 aromatic carbocycles. The summed E-state index contributed by atoms with van der Waals surface area (Å²) in [6.45, 7) is 4.03. The SMILES string of the molecule is CC(C)(C#N)C(C#N)(C1CCCCC1)C1CCCCC1. The molecule has 0 spiro atoms. The Bertz CT molecular complexity index is 380. The smallest absolute Gasteiger partial charge is 0.0810 e. The van der Waals surface area contributed by atoms with Crippen molar-refractivity contribution in [3.8, 4) is 12.1 Å². The maximum Gasteiger partial charge on any atom is 0.0810 e. The monoisotopic (exact) mass is 272 g/mol. The summed E-state index contributed by atoms with van der Waals surface area (Å²) in [4.78, 5) is 0. The van der Waals surface area contributed by atoms with Gasteiger partial charge >= 0.3 is 0 Å². The van der Waals surface area contributed by atoms with Crippen molar-refractivity contribution >= 4 is 0 Å². The first-order chi connectivity index (χ1) is 9.58. The highest BCUT2D eigenvalue weighted by molar-refractivity contribution is 5.20. The summed E-state index contributed by atoms with van der Waals surface area (Å²) in [7, 11) is 0. The number of hydrogen-bond donors (Lipinski definition) is 0. The van der Waals surface area contributed by atoms with E-state index in [1.54, 1.807) is 0 Å². The minimum absolute atomic E-state index is 0.428. The molecule has 2 heteroatoms. The second-order valence-corrected chi connectivity index (χ2v) is 7.39. The lowest BCUT2D eigenvalue weighted by atomic mass is 9.50. The zero-order chi connectivity index (χ0) is 14.6. The summed E-state index contributed by atoms with van der Waals surface area (Å²) < 4.78 is 0. The molecule has 0 N–H and O–H groups in total. The minimum atomic E-state index is -0.536. The fourth-order valence-corrected chi connectivity index (χ4v) is 4.88. The molecule has 110 valence electrons. The Morgan fingerprint density at radius 3 is 1.40 bits per heavy atom. The van der Waals surface area contributed by atoms with E-state index in [2.05, 4.69) is 12.1 Å². The van der Waals surface area contributed by atoms with E-state index in [9.17, 15) is 10.5 Å². The Morgan fingerprint density at radius 2 is 1.10 bits per heavy atom. The normalized spacial score (nSPS) is 23.0. The van der Waals surface area contributed by atoms with Gasteiger partial charge in [0.15, 0.2) is 0 Å². The van der Waals surface area contributed by atoms with Crippen LogP contribution in [0.2, 0.25) is 0 Å². The lowest BCUT2D eigenvalue weighted by molar-refractivity contribution is -0.00140. The summed E-state index contributed by atoms with van der Waals surface area (Å²) in [5.41, 5.74) is -0.964. The van der Waals surface area contributed by atoms with E-state index in [-0.39, 0.29) is 0 Å². The van der Waals surface area contributed by atoms with Crippen molar-refractivity contribution < 1.29 is 0 Å². The molecule has 0 aliphatic heterocycles. The summed E-state index contributed by atoms with van der Waals surface area (Å²) in [5, 5.41) is 19.9. The third kappa shape index (κ3) is 2.46. The molecule has 0 heterocycles. The predicted molar refractivity (Wildman–Crippen MR) is 80.6 cm³/mol. The van der Waals surface area contributed by atoms with Crippen LogP contribution in [-0.4, -0.2) is 0 Å². The first-order valence-corrected chi connectivity index (χ1v) is 8.41. The molecule has 0 aromatic rings. The second-order valence-electron chi connectivity index (χ2n) is 7.39. The highest BCUT2D eigenvalue weighted by atomic mass is 14.6. The van der Waals surface area contributed by atoms with E-state index >= 15 is 0 Å². The quantitative estimate of drug-likeness (QED) is 0.708. The molecule has 2 aliphatic rings. The molecule has 0 bridgehead atoms. The lowest BCUT2D eigenvalue weighted by Gasteiger charge is -2.50. The van der Waals surface area contributed by atoms with Crippen LogP contribution in [0.5, 0.6) is 0 Å². The molecular weight excluding hydrogens is 244 g/mol. The first-order valence-electron chi connectivity index (χ1n) is 8.41. The molecule has 0 radical (unpaired) electrons. The molecule has 0 unspecified atom stereocenters. The zero-order valence-corrected chi connectivity index (χ0v) is 13.1. The van der Waals surface area contributed by atoms with E-state index in [1.807, 2.05) is 13.8 Å². The van der Waals surface area contributed by atoms with Gasteiger partial charge < -0.3 is 0 Å². The van der Waals surface area contributed by atoms with Gasteiger partial charge in [0.05, 0.1) is 23.0 Å². The Kier molecular flexibility index (Phi) is 4.74. The van der Waals surface area contributed by atoms with Crippen molar-refractivity contribution in [3.63, 3.8) is 0 Å². The number of nitrogens with zero attached hydrogens (tertiary/aromatic N) is 2. The van der Waals surface area contributed by atoms with Gasteiger partial charge in [-0.25, -0.2) is 0 Å². The van der Waals surface area contributed by atoms with Crippen molar-refractivity contribution in [2.24, 2.45) is 22.7 Å².